The van der Waals surface area contributed by atoms with Crippen LogP contribution in [0.1, 0.15) is 21.5 Å². The number of hydrogen-bond donors (Lipinski definition) is 2. The summed E-state index contributed by atoms with van der Waals surface area (Å²) in [4.78, 5) is 56.9. The standard InChI is InChI=1S/C14H15F3N4O4S2.C14H13F3N2O3S/c1-27(24,25)19-21-12(22)8-6-11(20-2-4-26-5-3-20)9(14(15,16)17)7-10(8)18-13(21)23;1-22-13(21)9-6-12(19-2-4-23-5-3-19)10(14(15,16)17)7-11(9)18-8-20/h6-7,19H,2-5H2,1H3,(H,18,23);6-7H,2-5H2,1H3. The van der Waals surface area contributed by atoms with Crippen LogP contribution in [-0.4, -0.2) is 92.7 Å². The third kappa shape index (κ3) is 9.15. The number of aliphatic imine (C=N–C) groups is 1. The highest BCUT2D eigenvalue weighted by molar-refractivity contribution is 7.99. The van der Waals surface area contributed by atoms with Gasteiger partial charge in [-0.05, 0) is 24.3 Å². The number of fused-ring (bicyclic) bond motifs is 1. The van der Waals surface area contributed by atoms with E-state index in [0.717, 1.165) is 31.6 Å². The number of aromatic nitrogens is 2. The van der Waals surface area contributed by atoms with Crippen LogP contribution in [0, 0.1) is 0 Å². The number of ether oxygens (including phenoxy) is 1. The number of anilines is 2. The van der Waals surface area contributed by atoms with Gasteiger partial charge in [0.25, 0.3) is 5.56 Å². The van der Waals surface area contributed by atoms with Crippen LogP contribution in [0.15, 0.2) is 38.8 Å². The molecule has 0 unspecified atom stereocenters. The molecule has 0 bridgehead atoms. The molecule has 5 rings (SSSR count). The second-order valence-electron chi connectivity index (χ2n) is 10.6. The van der Waals surface area contributed by atoms with Gasteiger partial charge in [-0.3, -0.25) is 4.79 Å². The van der Waals surface area contributed by atoms with Crippen molar-refractivity contribution >= 4 is 73.6 Å². The Hall–Kier alpha value is -4.14. The number of nitrogens with one attached hydrogen (secondary N) is 2. The van der Waals surface area contributed by atoms with Gasteiger partial charge in [0.05, 0.1) is 52.3 Å². The SMILES string of the molecule is COC(=O)c1cc(N2CCSCC2)c(C(F)(F)F)cc1N=C=O.CS(=O)(=O)Nn1c(=O)[nH]c2cc(C(F)(F)F)c(N3CCSCC3)cc2c1=O. The molecule has 1 aromatic heterocycles. The van der Waals surface area contributed by atoms with Crippen molar-refractivity contribution in [2.24, 2.45) is 4.99 Å². The summed E-state index contributed by atoms with van der Waals surface area (Å²) < 4.78 is 108. The number of carbonyl (C=O) groups is 1. The summed E-state index contributed by atoms with van der Waals surface area (Å²) in [7, 11) is -2.85. The number of esters is 1. The van der Waals surface area contributed by atoms with Crippen molar-refractivity contribution in [2.45, 2.75) is 12.4 Å². The highest BCUT2D eigenvalue weighted by Gasteiger charge is 2.38. The lowest BCUT2D eigenvalue weighted by molar-refractivity contribution is -0.137. The number of sulfonamides is 1. The molecule has 2 saturated heterocycles. The lowest BCUT2D eigenvalue weighted by atomic mass is 10.0. The molecule has 2 aliphatic heterocycles. The first-order valence-corrected chi connectivity index (χ1v) is 18.5. The first kappa shape index (κ1) is 38.7. The van der Waals surface area contributed by atoms with Crippen LogP contribution >= 0.6 is 23.5 Å². The number of halogens is 6. The van der Waals surface area contributed by atoms with Gasteiger partial charge in [-0.2, -0.15) is 59.5 Å². The highest BCUT2D eigenvalue weighted by atomic mass is 32.2. The highest BCUT2D eigenvalue weighted by Crippen LogP contribution is 2.42. The number of alkyl halides is 6. The van der Waals surface area contributed by atoms with Crippen molar-refractivity contribution in [3.05, 3.63) is 61.8 Å². The number of aromatic amines is 1. The molecule has 3 heterocycles. The molecule has 0 saturated carbocycles. The molecular formula is C28H28F6N6O7S3. The Labute approximate surface area is 288 Å². The van der Waals surface area contributed by atoms with Crippen molar-refractivity contribution in [3.63, 3.8) is 0 Å². The van der Waals surface area contributed by atoms with Gasteiger partial charge in [0, 0.05) is 54.9 Å². The fourth-order valence-electron chi connectivity index (χ4n) is 5.08. The number of hydrogen-bond acceptors (Lipinski definition) is 12. The second-order valence-corrected chi connectivity index (χ2v) is 14.8. The minimum Gasteiger partial charge on any atom is -0.465 e. The van der Waals surface area contributed by atoms with Gasteiger partial charge in [-0.15, -0.1) is 0 Å². The molecule has 0 amide bonds. The number of methoxy groups -OCH3 is 1. The molecule has 3 aromatic rings. The van der Waals surface area contributed by atoms with E-state index in [9.17, 15) is 53.9 Å². The summed E-state index contributed by atoms with van der Waals surface area (Å²) in [6.45, 7) is 1.62. The van der Waals surface area contributed by atoms with Crippen molar-refractivity contribution in [3.8, 4) is 0 Å². The van der Waals surface area contributed by atoms with Gasteiger partial charge in [0.15, 0.2) is 0 Å². The molecule has 2 fully saturated rings. The fraction of sp³-hybridized carbons (Fsp3) is 0.429. The Morgan fingerprint density at radius 1 is 0.900 bits per heavy atom. The molecule has 2 aliphatic rings. The van der Waals surface area contributed by atoms with E-state index < -0.39 is 56.4 Å². The molecule has 22 heteroatoms. The summed E-state index contributed by atoms with van der Waals surface area (Å²) in [5, 5.41) is -0.230. The van der Waals surface area contributed by atoms with Crippen LogP contribution in [0.4, 0.5) is 43.4 Å². The zero-order valence-electron chi connectivity index (χ0n) is 26.1. The molecule has 0 radical (unpaired) electrons. The van der Waals surface area contributed by atoms with Crippen molar-refractivity contribution in [1.82, 2.24) is 9.66 Å². The van der Waals surface area contributed by atoms with Crippen molar-refractivity contribution in [2.75, 3.05) is 77.2 Å². The van der Waals surface area contributed by atoms with E-state index in [1.165, 1.54) is 4.90 Å². The maximum Gasteiger partial charge on any atom is 0.418 e. The van der Waals surface area contributed by atoms with Crippen LogP contribution in [0.5, 0.6) is 0 Å². The molecule has 0 spiro atoms. The minimum absolute atomic E-state index is 0.108. The predicted molar refractivity (Wildman–Crippen MR) is 178 cm³/mol. The summed E-state index contributed by atoms with van der Waals surface area (Å²) in [6.07, 6.45) is -7.42. The van der Waals surface area contributed by atoms with Crippen LogP contribution in [0.3, 0.4) is 0 Å². The average molecular weight is 771 g/mol. The molecule has 0 aliphatic carbocycles. The van der Waals surface area contributed by atoms with E-state index in [2.05, 4.69) is 14.7 Å². The van der Waals surface area contributed by atoms with Crippen LogP contribution in [0.25, 0.3) is 10.9 Å². The molecule has 0 atom stereocenters. The molecule has 2 aromatic carbocycles. The maximum atomic E-state index is 13.5. The molecule has 2 N–H and O–H groups in total. The number of isocyanates is 1. The van der Waals surface area contributed by atoms with E-state index in [-0.39, 0.29) is 32.5 Å². The molecule has 50 heavy (non-hydrogen) atoms. The zero-order chi connectivity index (χ0) is 37.0. The largest absolute Gasteiger partial charge is 0.465 e. The summed E-state index contributed by atoms with van der Waals surface area (Å²) in [5.41, 5.74) is -5.36. The quantitative estimate of drug-likeness (QED) is 0.162. The summed E-state index contributed by atoms with van der Waals surface area (Å²) >= 11 is 3.26. The van der Waals surface area contributed by atoms with E-state index in [0.29, 0.717) is 61.3 Å². The average Bonchev–Trinajstić information content (AvgIpc) is 3.05. The number of thioether (sulfide) groups is 2. The minimum atomic E-state index is -4.69. The van der Waals surface area contributed by atoms with Crippen LogP contribution in [0.2, 0.25) is 0 Å². The molecule has 13 nitrogen and oxygen atoms in total. The van der Waals surface area contributed by atoms with Gasteiger partial charge in [0.1, 0.15) is 0 Å². The van der Waals surface area contributed by atoms with Gasteiger partial charge in [0.2, 0.25) is 16.1 Å². The molecular weight excluding hydrogens is 743 g/mol. The third-order valence-corrected chi connectivity index (χ3v) is 9.67. The summed E-state index contributed by atoms with van der Waals surface area (Å²) in [6, 6.07) is 3.53. The Morgan fingerprint density at radius 2 is 1.40 bits per heavy atom. The Kier molecular flexibility index (Phi) is 11.9. The third-order valence-electron chi connectivity index (χ3n) is 7.27. The number of nitrogens with zero attached hydrogens (tertiary/aromatic N) is 4. The lowest BCUT2D eigenvalue weighted by Crippen LogP contribution is -2.43. The van der Waals surface area contributed by atoms with Gasteiger partial charge in [-0.1, -0.05) is 0 Å². The van der Waals surface area contributed by atoms with Crippen LogP contribution < -0.4 is 25.9 Å². The van der Waals surface area contributed by atoms with Crippen molar-refractivity contribution < 1.29 is 49.1 Å². The first-order valence-electron chi connectivity index (χ1n) is 14.3. The monoisotopic (exact) mass is 770 g/mol. The first-order chi connectivity index (χ1) is 23.4. The number of carbonyl (C=O) groups excluding carboxylic acids is 2. The Balaban J connectivity index is 0.000000228. The van der Waals surface area contributed by atoms with E-state index in [1.807, 2.05) is 0 Å². The topological polar surface area (TPSA) is 163 Å². The van der Waals surface area contributed by atoms with Gasteiger partial charge < -0.3 is 19.5 Å². The van der Waals surface area contributed by atoms with Gasteiger partial charge in [-0.25, -0.2) is 27.6 Å². The maximum absolute atomic E-state index is 13.5. The Bertz CT molecular complexity index is 2030. The molecule has 272 valence electrons. The predicted octanol–water partition coefficient (Wildman–Crippen LogP) is 3.78. The second kappa shape index (κ2) is 15.4. The zero-order valence-corrected chi connectivity index (χ0v) is 28.6. The number of benzene rings is 2. The lowest BCUT2D eigenvalue weighted by Gasteiger charge is -2.31. The smallest absolute Gasteiger partial charge is 0.418 e. The van der Waals surface area contributed by atoms with E-state index >= 15 is 0 Å². The Morgan fingerprint density at radius 3 is 1.86 bits per heavy atom. The van der Waals surface area contributed by atoms with E-state index in [1.54, 1.807) is 33.3 Å². The fourth-order valence-corrected chi connectivity index (χ4v) is 7.38. The van der Waals surface area contributed by atoms with Crippen LogP contribution in [-0.2, 0) is 31.9 Å². The number of rotatable bonds is 6. The van der Waals surface area contributed by atoms with E-state index in [4.69, 9.17) is 0 Å². The number of H-pyrrole nitrogens is 1. The van der Waals surface area contributed by atoms with Gasteiger partial charge >= 0.3 is 24.0 Å². The normalized spacial score (nSPS) is 15.5. The summed E-state index contributed by atoms with van der Waals surface area (Å²) in [5.74, 6) is 1.81. The van der Waals surface area contributed by atoms with Crippen molar-refractivity contribution in [1.29, 1.82) is 0 Å².